The molecule has 2 aliphatic rings. The molecular weight excluding hydrogens is 790 g/mol. The monoisotopic (exact) mass is 844 g/mol. The number of carbonyl (C=O) groups excluding carboxylic acids is 2. The first-order valence-electron chi connectivity index (χ1n) is 14.8. The topological polar surface area (TPSA) is 65.6 Å². The van der Waals surface area contributed by atoms with Crippen molar-refractivity contribution in [2.75, 3.05) is 40.3 Å². The predicted octanol–water partition coefficient (Wildman–Crippen LogP) is 6.99. The van der Waals surface area contributed by atoms with Gasteiger partial charge in [0.2, 0.25) is 0 Å². The summed E-state index contributed by atoms with van der Waals surface area (Å²) in [6, 6.07) is 12.8. The molecule has 0 bridgehead atoms. The summed E-state index contributed by atoms with van der Waals surface area (Å²) in [5.74, 6) is 0.781. The average molecular weight is 847 g/mol. The Labute approximate surface area is 301 Å². The molecule has 9 heteroatoms. The van der Waals surface area contributed by atoms with Crippen molar-refractivity contribution in [2.24, 2.45) is 0 Å². The molecule has 2 aromatic rings. The molecule has 2 heterocycles. The van der Waals surface area contributed by atoms with E-state index in [1.54, 1.807) is 0 Å². The van der Waals surface area contributed by atoms with Gasteiger partial charge in [0.1, 0.15) is 12.1 Å². The van der Waals surface area contributed by atoms with Gasteiger partial charge in [-0.05, 0) is 74.9 Å². The van der Waals surface area contributed by atoms with Crippen LogP contribution in [0.5, 0.6) is 0 Å². The molecule has 2 atom stereocenters. The van der Waals surface area contributed by atoms with Crippen LogP contribution in [0.3, 0.4) is 0 Å². The zero-order valence-electron chi connectivity index (χ0n) is 27.4. The third-order valence-electron chi connectivity index (χ3n) is 9.97. The van der Waals surface area contributed by atoms with Crippen LogP contribution >= 0.6 is 45.6 Å². The van der Waals surface area contributed by atoms with Crippen LogP contribution in [0.25, 0.3) is 0 Å². The Morgan fingerprint density at radius 2 is 0.907 bits per heavy atom. The number of nitrogens with zero attached hydrogens (tertiary/aromatic N) is 2. The van der Waals surface area contributed by atoms with E-state index in [1.165, 1.54) is 59.1 Å². The molecule has 4 rings (SSSR count). The number of Topliss-reactive ketones (excluding diaryl/α,β-unsaturated/α-hetero) is 2. The fourth-order valence-electron chi connectivity index (χ4n) is 6.48. The first-order chi connectivity index (χ1) is 18.9. The van der Waals surface area contributed by atoms with E-state index in [4.69, 9.17) is 0 Å². The van der Waals surface area contributed by atoms with Crippen molar-refractivity contribution in [3.8, 4) is 0 Å². The van der Waals surface area contributed by atoms with Gasteiger partial charge in [-0.2, -0.15) is 0 Å². The molecule has 0 saturated carbocycles. The van der Waals surface area contributed by atoms with E-state index in [0.717, 1.165) is 35.1 Å². The Morgan fingerprint density at radius 3 is 1.14 bits per heavy atom. The molecule has 2 unspecified atom stereocenters. The molecule has 5 nitrogen and oxygen atoms in total. The summed E-state index contributed by atoms with van der Waals surface area (Å²) in [5, 5.41) is 0. The molecule has 0 radical (unpaired) electrons. The van der Waals surface area contributed by atoms with Crippen LogP contribution in [0.4, 0.5) is 0 Å². The van der Waals surface area contributed by atoms with E-state index >= 15 is 0 Å². The van der Waals surface area contributed by atoms with Gasteiger partial charge in [0, 0.05) is 38.5 Å². The van der Waals surface area contributed by atoms with Gasteiger partial charge in [0.15, 0.2) is 11.6 Å². The van der Waals surface area contributed by atoms with Crippen LogP contribution in [0.1, 0.15) is 72.9 Å². The van der Waals surface area contributed by atoms with Crippen LogP contribution in [-0.2, 0) is 42.4 Å². The van der Waals surface area contributed by atoms with Gasteiger partial charge in [0.05, 0.1) is 40.3 Å². The van der Waals surface area contributed by atoms with Crippen molar-refractivity contribution < 1.29 is 44.0 Å². The maximum absolute atomic E-state index is 12.6. The van der Waals surface area contributed by atoms with Gasteiger partial charge < -0.3 is 14.4 Å². The van der Waals surface area contributed by atoms with Gasteiger partial charge in [-0.3, -0.25) is 9.59 Å². The predicted molar refractivity (Wildman–Crippen MR) is 191 cm³/mol. The molecular formula is C34H56AgCl2IN2O3+2. The van der Waals surface area contributed by atoms with E-state index in [-0.39, 0.29) is 53.9 Å². The van der Waals surface area contributed by atoms with Gasteiger partial charge >= 0.3 is 29.2 Å². The fourth-order valence-corrected chi connectivity index (χ4v) is 6.48. The van der Waals surface area contributed by atoms with Gasteiger partial charge in [-0.25, -0.2) is 0 Å². The number of hydrogen-bond donors (Lipinski definition) is 0. The third-order valence-corrected chi connectivity index (χ3v) is 9.97. The number of likely N-dealkylation sites (N-methyl/N-ethyl adjacent to an activating group) is 2. The first kappa shape index (κ1) is 44.8. The zero-order valence-corrected chi connectivity index (χ0v) is 32.8. The third kappa shape index (κ3) is 12.1. The number of rotatable bonds is 8. The van der Waals surface area contributed by atoms with E-state index in [0.29, 0.717) is 24.4 Å². The summed E-state index contributed by atoms with van der Waals surface area (Å²) in [7, 11) is 8.92. The summed E-state index contributed by atoms with van der Waals surface area (Å²) in [6.45, 7) is 17.2. The van der Waals surface area contributed by atoms with Crippen molar-refractivity contribution in [3.63, 3.8) is 0 Å². The van der Waals surface area contributed by atoms with Gasteiger partial charge in [-0.15, -0.1) is 36.4 Å². The van der Waals surface area contributed by atoms with Crippen molar-refractivity contribution in [3.05, 3.63) is 69.8 Å². The Balaban J connectivity index is 0. The van der Waals surface area contributed by atoms with Crippen LogP contribution in [0.15, 0.2) is 36.4 Å². The Bertz CT molecular complexity index is 1020. The molecule has 2 saturated heterocycles. The SMILES string of the molecule is Cc1cccc(C)c1CC(=O)C(C)[N+]1(C)CCCC1.Cc1cccc(C)c1CC(=O)C(C)[N+]1(C)CCCC1.Cl.I.O.[Cl][Ag]. The normalized spacial score (nSPS) is 17.3. The zero-order chi connectivity index (χ0) is 30.1. The second-order valence-electron chi connectivity index (χ2n) is 12.6. The summed E-state index contributed by atoms with van der Waals surface area (Å²) in [5.41, 5.74) is 7.42. The Hall–Kier alpha value is -0.290. The number of quaternary nitrogens is 2. The quantitative estimate of drug-likeness (QED) is 0.164. The van der Waals surface area contributed by atoms with Crippen LogP contribution < -0.4 is 0 Å². The van der Waals surface area contributed by atoms with Crippen LogP contribution in [-0.4, -0.2) is 78.4 Å². The number of carbonyl (C=O) groups is 2. The molecule has 2 N–H and O–H groups in total. The van der Waals surface area contributed by atoms with E-state index in [1.807, 2.05) is 0 Å². The fraction of sp³-hybridized carbons (Fsp3) is 0.588. The molecule has 43 heavy (non-hydrogen) atoms. The first-order valence-corrected chi connectivity index (χ1v) is 16.7. The summed E-state index contributed by atoms with van der Waals surface area (Å²) >= 11 is 2.42. The summed E-state index contributed by atoms with van der Waals surface area (Å²) in [6.07, 6.45) is 6.23. The molecule has 2 aromatic carbocycles. The summed E-state index contributed by atoms with van der Waals surface area (Å²) < 4.78 is 1.87. The molecule has 0 aromatic heterocycles. The number of likely N-dealkylation sites (tertiary alicyclic amines) is 2. The molecule has 0 aliphatic carbocycles. The Kier molecular flexibility index (Phi) is 21.6. The summed E-state index contributed by atoms with van der Waals surface area (Å²) in [4.78, 5) is 25.2. The second kappa shape index (κ2) is 20.8. The van der Waals surface area contributed by atoms with Crippen molar-refractivity contribution in [2.45, 2.75) is 92.2 Å². The second-order valence-corrected chi connectivity index (χ2v) is 12.6. The minimum atomic E-state index is 0. The minimum absolute atomic E-state index is 0. The number of hydrogen-bond acceptors (Lipinski definition) is 2. The van der Waals surface area contributed by atoms with Gasteiger partial charge in [0.25, 0.3) is 0 Å². The average Bonchev–Trinajstić information content (AvgIpc) is 3.58. The number of benzene rings is 2. The number of ketones is 2. The van der Waals surface area contributed by atoms with Crippen LogP contribution in [0.2, 0.25) is 0 Å². The van der Waals surface area contributed by atoms with E-state index < -0.39 is 0 Å². The number of halogens is 3. The molecule has 0 amide bonds. The maximum atomic E-state index is 12.6. The van der Waals surface area contributed by atoms with Crippen molar-refractivity contribution in [1.29, 1.82) is 0 Å². The van der Waals surface area contributed by atoms with Crippen molar-refractivity contribution >= 4 is 57.1 Å². The molecule has 2 fully saturated rings. The molecule has 2 aliphatic heterocycles. The Morgan fingerprint density at radius 1 is 0.674 bits per heavy atom. The standard InChI is InChI=1S/2C17H26NO.Ag.2ClH.HI.H2O/c2*1-13-8-7-9-14(2)16(13)12-17(19)15(3)18(4)10-5-6-11-18;;;;;/h2*7-9,15H,5-6,10-12H2,1-4H3;;3*1H;1H2/q3*+1;;;;/p-1. The van der Waals surface area contributed by atoms with Crippen molar-refractivity contribution in [1.82, 2.24) is 0 Å². The van der Waals surface area contributed by atoms with Crippen LogP contribution in [0, 0.1) is 27.7 Å². The van der Waals surface area contributed by atoms with E-state index in [2.05, 4.69) is 121 Å². The van der Waals surface area contributed by atoms with E-state index in [9.17, 15) is 9.59 Å². The molecule has 0 spiro atoms. The van der Waals surface area contributed by atoms with Gasteiger partial charge in [-0.1, -0.05) is 36.4 Å². The molecule has 250 valence electrons. The number of aryl methyl sites for hydroxylation is 4.